The first kappa shape index (κ1) is 13.7. The van der Waals surface area contributed by atoms with E-state index < -0.39 is 11.6 Å². The lowest BCUT2D eigenvalue weighted by atomic mass is 10.2. The van der Waals surface area contributed by atoms with Gasteiger partial charge in [0.15, 0.2) is 5.82 Å². The van der Waals surface area contributed by atoms with E-state index >= 15 is 0 Å². The molecule has 18 heavy (non-hydrogen) atoms. The minimum Gasteiger partial charge on any atom is -0.367 e. The molecule has 0 aliphatic carbocycles. The molecule has 5 heteroatoms. The van der Waals surface area contributed by atoms with Crippen LogP contribution in [0.2, 0.25) is 0 Å². The van der Waals surface area contributed by atoms with Crippen LogP contribution in [0, 0.1) is 11.6 Å². The van der Waals surface area contributed by atoms with E-state index in [4.69, 9.17) is 0 Å². The highest BCUT2D eigenvalue weighted by atomic mass is 79.9. The van der Waals surface area contributed by atoms with Crippen LogP contribution < -0.4 is 10.2 Å². The van der Waals surface area contributed by atoms with Crippen LogP contribution in [0.25, 0.3) is 0 Å². The van der Waals surface area contributed by atoms with Gasteiger partial charge in [0.1, 0.15) is 5.82 Å². The van der Waals surface area contributed by atoms with E-state index in [2.05, 4.69) is 28.2 Å². The van der Waals surface area contributed by atoms with Crippen LogP contribution in [0.5, 0.6) is 0 Å². The van der Waals surface area contributed by atoms with Gasteiger partial charge >= 0.3 is 0 Å². The Labute approximate surface area is 114 Å². The summed E-state index contributed by atoms with van der Waals surface area (Å²) >= 11 is 3.24. The fourth-order valence-electron chi connectivity index (χ4n) is 2.32. The van der Waals surface area contributed by atoms with Crippen molar-refractivity contribution in [1.29, 1.82) is 0 Å². The van der Waals surface area contributed by atoms with Crippen LogP contribution in [-0.2, 0) is 0 Å². The molecule has 0 radical (unpaired) electrons. The van der Waals surface area contributed by atoms with Crippen molar-refractivity contribution in [3.8, 4) is 0 Å². The number of halogens is 3. The maximum absolute atomic E-state index is 13.8. The quantitative estimate of drug-likeness (QED) is 0.916. The molecule has 0 saturated carbocycles. The van der Waals surface area contributed by atoms with E-state index in [-0.39, 0.29) is 0 Å². The SMILES string of the molecule is CCCNC1CCN(c2c(F)cc(F)cc2Br)C1. The normalized spacial score (nSPS) is 19.6. The highest BCUT2D eigenvalue weighted by molar-refractivity contribution is 9.10. The molecule has 1 atom stereocenters. The Morgan fingerprint density at radius 2 is 2.22 bits per heavy atom. The Bertz CT molecular complexity index is 402. The maximum Gasteiger partial charge on any atom is 0.150 e. The zero-order valence-electron chi connectivity index (χ0n) is 10.3. The van der Waals surface area contributed by atoms with E-state index in [9.17, 15) is 8.78 Å². The molecule has 1 N–H and O–H groups in total. The molecule has 0 spiro atoms. The first-order valence-electron chi connectivity index (χ1n) is 6.24. The van der Waals surface area contributed by atoms with Gasteiger partial charge in [-0.15, -0.1) is 0 Å². The maximum atomic E-state index is 13.8. The number of hydrogen-bond donors (Lipinski definition) is 1. The molecule has 1 aromatic carbocycles. The molecular formula is C13H17BrF2N2. The zero-order chi connectivity index (χ0) is 13.1. The van der Waals surface area contributed by atoms with Crippen LogP contribution in [0.4, 0.5) is 14.5 Å². The van der Waals surface area contributed by atoms with Crippen molar-refractivity contribution < 1.29 is 8.78 Å². The summed E-state index contributed by atoms with van der Waals surface area (Å²) in [5.74, 6) is -1.05. The van der Waals surface area contributed by atoms with Gasteiger partial charge in [-0.05, 0) is 41.4 Å². The number of hydrogen-bond acceptors (Lipinski definition) is 2. The summed E-state index contributed by atoms with van der Waals surface area (Å²) in [5, 5.41) is 3.43. The minimum atomic E-state index is -0.553. The Morgan fingerprint density at radius 1 is 1.44 bits per heavy atom. The molecule has 2 nitrogen and oxygen atoms in total. The second-order valence-electron chi connectivity index (χ2n) is 4.60. The van der Waals surface area contributed by atoms with E-state index in [1.165, 1.54) is 6.07 Å². The van der Waals surface area contributed by atoms with E-state index in [1.807, 2.05) is 4.90 Å². The molecule has 100 valence electrons. The van der Waals surface area contributed by atoms with Gasteiger partial charge in [0, 0.05) is 29.7 Å². The molecule has 0 aromatic heterocycles. The predicted molar refractivity (Wildman–Crippen MR) is 73.0 cm³/mol. The summed E-state index contributed by atoms with van der Waals surface area (Å²) in [6.45, 7) is 4.66. The number of nitrogens with zero attached hydrogens (tertiary/aromatic N) is 1. The third-order valence-electron chi connectivity index (χ3n) is 3.17. The predicted octanol–water partition coefficient (Wildman–Crippen LogP) is 3.31. The topological polar surface area (TPSA) is 15.3 Å². The lowest BCUT2D eigenvalue weighted by Gasteiger charge is -2.21. The second kappa shape index (κ2) is 5.97. The first-order valence-corrected chi connectivity index (χ1v) is 7.04. The van der Waals surface area contributed by atoms with Crippen molar-refractivity contribution in [3.63, 3.8) is 0 Å². The van der Waals surface area contributed by atoms with Crippen molar-refractivity contribution >= 4 is 21.6 Å². The number of anilines is 1. The van der Waals surface area contributed by atoms with E-state index in [0.29, 0.717) is 16.2 Å². The van der Waals surface area contributed by atoms with Crippen molar-refractivity contribution in [2.45, 2.75) is 25.8 Å². The van der Waals surface area contributed by atoms with Gasteiger partial charge in [-0.1, -0.05) is 6.92 Å². The van der Waals surface area contributed by atoms with Gasteiger partial charge in [-0.25, -0.2) is 8.78 Å². The van der Waals surface area contributed by atoms with Gasteiger partial charge in [0.25, 0.3) is 0 Å². The molecule has 0 amide bonds. The molecule has 2 rings (SSSR count). The second-order valence-corrected chi connectivity index (χ2v) is 5.46. The Kier molecular flexibility index (Phi) is 4.56. The van der Waals surface area contributed by atoms with E-state index in [0.717, 1.165) is 38.5 Å². The molecule has 1 saturated heterocycles. The van der Waals surface area contributed by atoms with Crippen molar-refractivity contribution in [2.24, 2.45) is 0 Å². The lowest BCUT2D eigenvalue weighted by molar-refractivity contribution is 0.547. The molecule has 1 aromatic rings. The molecule has 0 bridgehead atoms. The van der Waals surface area contributed by atoms with Crippen molar-refractivity contribution in [2.75, 3.05) is 24.5 Å². The Balaban J connectivity index is 2.09. The molecule has 1 aliphatic rings. The highest BCUT2D eigenvalue weighted by Gasteiger charge is 2.25. The van der Waals surface area contributed by atoms with Crippen LogP contribution >= 0.6 is 15.9 Å². The Morgan fingerprint density at radius 3 is 2.89 bits per heavy atom. The van der Waals surface area contributed by atoms with Crippen molar-refractivity contribution in [1.82, 2.24) is 5.32 Å². The van der Waals surface area contributed by atoms with Crippen LogP contribution in [0.15, 0.2) is 16.6 Å². The van der Waals surface area contributed by atoms with Gasteiger partial charge in [0.05, 0.1) is 5.69 Å². The van der Waals surface area contributed by atoms with Crippen LogP contribution in [0.1, 0.15) is 19.8 Å². The summed E-state index contributed by atoms with van der Waals surface area (Å²) in [5.41, 5.74) is 0.470. The molecule has 1 unspecified atom stereocenters. The van der Waals surface area contributed by atoms with Gasteiger partial charge in [-0.3, -0.25) is 0 Å². The van der Waals surface area contributed by atoms with Gasteiger partial charge < -0.3 is 10.2 Å². The number of rotatable bonds is 4. The minimum absolute atomic E-state index is 0.390. The largest absolute Gasteiger partial charge is 0.367 e. The average molecular weight is 319 g/mol. The fourth-order valence-corrected chi connectivity index (χ4v) is 2.97. The van der Waals surface area contributed by atoms with Crippen molar-refractivity contribution in [3.05, 3.63) is 28.2 Å². The van der Waals surface area contributed by atoms with Gasteiger partial charge in [-0.2, -0.15) is 0 Å². The smallest absolute Gasteiger partial charge is 0.150 e. The fraction of sp³-hybridized carbons (Fsp3) is 0.538. The lowest BCUT2D eigenvalue weighted by Crippen LogP contribution is -2.33. The van der Waals surface area contributed by atoms with Gasteiger partial charge in [0.2, 0.25) is 0 Å². The summed E-state index contributed by atoms with van der Waals surface area (Å²) < 4.78 is 27.3. The summed E-state index contributed by atoms with van der Waals surface area (Å²) in [6, 6.07) is 2.64. The number of nitrogens with one attached hydrogen (secondary N) is 1. The molecule has 1 fully saturated rings. The van der Waals surface area contributed by atoms with E-state index in [1.54, 1.807) is 0 Å². The first-order chi connectivity index (χ1) is 8.61. The Hall–Kier alpha value is -0.680. The van der Waals surface area contributed by atoms with Crippen LogP contribution in [0.3, 0.4) is 0 Å². The molecule has 1 aliphatic heterocycles. The monoisotopic (exact) mass is 318 g/mol. The summed E-state index contributed by atoms with van der Waals surface area (Å²) in [6.07, 6.45) is 2.08. The highest BCUT2D eigenvalue weighted by Crippen LogP contribution is 2.32. The molecule has 1 heterocycles. The van der Waals surface area contributed by atoms with Crippen LogP contribution in [-0.4, -0.2) is 25.7 Å². The summed E-state index contributed by atoms with van der Waals surface area (Å²) in [7, 11) is 0. The third kappa shape index (κ3) is 3.01. The molecular weight excluding hydrogens is 302 g/mol. The third-order valence-corrected chi connectivity index (χ3v) is 3.77. The standard InChI is InChI=1S/C13H17BrF2N2/c1-2-4-17-10-3-5-18(8-10)13-11(14)6-9(15)7-12(13)16/h6-7,10,17H,2-5,8H2,1H3. The average Bonchev–Trinajstić information content (AvgIpc) is 2.73. The zero-order valence-corrected chi connectivity index (χ0v) is 11.9. The number of benzene rings is 1. The summed E-state index contributed by atoms with van der Waals surface area (Å²) in [4.78, 5) is 1.96.